The Balaban J connectivity index is 1.89. The van der Waals surface area contributed by atoms with Crippen LogP contribution in [0.15, 0.2) is 18.2 Å². The second-order valence-corrected chi connectivity index (χ2v) is 4.90. The smallest absolute Gasteiger partial charge is 0.251 e. The predicted octanol–water partition coefficient (Wildman–Crippen LogP) is 0.656. The van der Waals surface area contributed by atoms with Crippen LogP contribution in [0.2, 0.25) is 0 Å². The highest BCUT2D eigenvalue weighted by Gasteiger charge is 2.20. The zero-order valence-corrected chi connectivity index (χ0v) is 10.5. The van der Waals surface area contributed by atoms with E-state index >= 15 is 0 Å². The van der Waals surface area contributed by atoms with Crippen LogP contribution >= 0.6 is 0 Å². The van der Waals surface area contributed by atoms with Gasteiger partial charge in [-0.3, -0.25) is 4.79 Å². The summed E-state index contributed by atoms with van der Waals surface area (Å²) in [5.74, 6) is 0.296. The number of likely N-dealkylation sites (tertiary alicyclic amines) is 1. The minimum absolute atomic E-state index is 0.0525. The molecule has 2 rings (SSSR count). The molecule has 98 valence electrons. The number of nitrogen functional groups attached to an aromatic ring is 1. The van der Waals surface area contributed by atoms with Crippen LogP contribution in [0.3, 0.4) is 0 Å². The Hall–Kier alpha value is -1.75. The lowest BCUT2D eigenvalue weighted by Crippen LogP contribution is -2.30. The molecule has 18 heavy (non-hydrogen) atoms. The maximum Gasteiger partial charge on any atom is 0.251 e. The van der Waals surface area contributed by atoms with Crippen molar-refractivity contribution in [3.8, 4) is 5.75 Å². The molecule has 0 aromatic heterocycles. The molecule has 1 aliphatic heterocycles. The van der Waals surface area contributed by atoms with Crippen molar-refractivity contribution < 1.29 is 9.90 Å². The third-order valence-corrected chi connectivity index (χ3v) is 3.33. The Kier molecular flexibility index (Phi) is 3.72. The van der Waals surface area contributed by atoms with Gasteiger partial charge in [-0.25, -0.2) is 0 Å². The summed E-state index contributed by atoms with van der Waals surface area (Å²) in [4.78, 5) is 14.1. The number of hydrogen-bond acceptors (Lipinski definition) is 4. The van der Waals surface area contributed by atoms with E-state index in [4.69, 9.17) is 5.73 Å². The summed E-state index contributed by atoms with van der Waals surface area (Å²) in [6.45, 7) is 2.78. The molecule has 1 atom stereocenters. The quantitative estimate of drug-likeness (QED) is 0.543. The molecule has 5 nitrogen and oxygen atoms in total. The van der Waals surface area contributed by atoms with Crippen molar-refractivity contribution in [2.75, 3.05) is 32.4 Å². The number of phenols is 1. The van der Waals surface area contributed by atoms with E-state index < -0.39 is 0 Å². The maximum atomic E-state index is 11.9. The lowest BCUT2D eigenvalue weighted by atomic mass is 10.1. The van der Waals surface area contributed by atoms with E-state index in [1.807, 2.05) is 0 Å². The zero-order valence-electron chi connectivity index (χ0n) is 10.5. The van der Waals surface area contributed by atoms with Crippen molar-refractivity contribution in [2.45, 2.75) is 6.42 Å². The summed E-state index contributed by atoms with van der Waals surface area (Å²) >= 11 is 0. The van der Waals surface area contributed by atoms with Gasteiger partial charge in [-0.15, -0.1) is 0 Å². The number of nitrogens with zero attached hydrogens (tertiary/aromatic N) is 1. The van der Waals surface area contributed by atoms with Gasteiger partial charge in [0, 0.05) is 18.7 Å². The Morgan fingerprint density at radius 3 is 3.00 bits per heavy atom. The van der Waals surface area contributed by atoms with Gasteiger partial charge in [-0.2, -0.15) is 0 Å². The molecule has 1 aliphatic rings. The Bertz CT molecular complexity index is 448. The first-order chi connectivity index (χ1) is 8.56. The first-order valence-electron chi connectivity index (χ1n) is 6.11. The van der Waals surface area contributed by atoms with Crippen molar-refractivity contribution in [3.05, 3.63) is 23.8 Å². The van der Waals surface area contributed by atoms with Gasteiger partial charge in [0.05, 0.1) is 5.69 Å². The largest absolute Gasteiger partial charge is 0.506 e. The average molecular weight is 249 g/mol. The second-order valence-electron chi connectivity index (χ2n) is 4.90. The summed E-state index contributed by atoms with van der Waals surface area (Å²) in [5.41, 5.74) is 6.21. The molecule has 0 spiro atoms. The van der Waals surface area contributed by atoms with E-state index in [-0.39, 0.29) is 17.3 Å². The molecule has 4 N–H and O–H groups in total. The second kappa shape index (κ2) is 5.27. The molecule has 1 saturated heterocycles. The molecular formula is C13H19N3O2. The monoisotopic (exact) mass is 249 g/mol. The number of rotatable bonds is 3. The number of carbonyl (C=O) groups is 1. The number of benzene rings is 1. The topological polar surface area (TPSA) is 78.6 Å². The van der Waals surface area contributed by atoms with Crippen LogP contribution in [-0.2, 0) is 0 Å². The normalized spacial score (nSPS) is 19.9. The Morgan fingerprint density at radius 2 is 2.39 bits per heavy atom. The molecule has 1 heterocycles. The van der Waals surface area contributed by atoms with E-state index in [9.17, 15) is 9.90 Å². The van der Waals surface area contributed by atoms with E-state index in [0.717, 1.165) is 19.5 Å². The van der Waals surface area contributed by atoms with Crippen molar-refractivity contribution in [1.29, 1.82) is 0 Å². The predicted molar refractivity (Wildman–Crippen MR) is 70.5 cm³/mol. The summed E-state index contributed by atoms with van der Waals surface area (Å²) in [7, 11) is 2.08. The molecule has 1 aromatic rings. The van der Waals surface area contributed by atoms with Crippen molar-refractivity contribution >= 4 is 11.6 Å². The fraction of sp³-hybridized carbons (Fsp3) is 0.462. The van der Waals surface area contributed by atoms with Crippen LogP contribution in [0.25, 0.3) is 0 Å². The van der Waals surface area contributed by atoms with Gasteiger partial charge in [-0.05, 0) is 44.1 Å². The van der Waals surface area contributed by atoms with Crippen LogP contribution in [0.1, 0.15) is 16.8 Å². The van der Waals surface area contributed by atoms with E-state index in [2.05, 4.69) is 17.3 Å². The fourth-order valence-corrected chi connectivity index (χ4v) is 2.22. The standard InChI is InChI=1S/C13H19N3O2/c1-16-5-4-9(8-16)7-15-13(18)10-2-3-11(14)12(17)6-10/h2-3,6,9,17H,4-5,7-8,14H2,1H3,(H,15,18). The summed E-state index contributed by atoms with van der Waals surface area (Å²) in [6.07, 6.45) is 1.11. The van der Waals surface area contributed by atoms with Gasteiger partial charge in [0.15, 0.2) is 0 Å². The number of nitrogens with two attached hydrogens (primary N) is 1. The summed E-state index contributed by atoms with van der Waals surface area (Å²) in [5, 5.41) is 12.3. The van der Waals surface area contributed by atoms with E-state index in [1.165, 1.54) is 12.1 Å². The average Bonchev–Trinajstić information content (AvgIpc) is 2.75. The Labute approximate surface area is 107 Å². The van der Waals surface area contributed by atoms with Crippen LogP contribution < -0.4 is 11.1 Å². The molecule has 1 fully saturated rings. The SMILES string of the molecule is CN1CCC(CNC(=O)c2ccc(N)c(O)c2)C1. The number of carbonyl (C=O) groups excluding carboxylic acids is 1. The minimum atomic E-state index is -0.167. The molecule has 5 heteroatoms. The number of anilines is 1. The number of amides is 1. The Morgan fingerprint density at radius 1 is 1.61 bits per heavy atom. The molecule has 1 amide bonds. The van der Waals surface area contributed by atoms with E-state index in [0.29, 0.717) is 18.0 Å². The lowest BCUT2D eigenvalue weighted by molar-refractivity contribution is 0.0947. The minimum Gasteiger partial charge on any atom is -0.506 e. The number of hydrogen-bond donors (Lipinski definition) is 3. The lowest BCUT2D eigenvalue weighted by Gasteiger charge is -2.12. The molecule has 1 aromatic carbocycles. The van der Waals surface area contributed by atoms with Gasteiger partial charge in [0.25, 0.3) is 5.91 Å². The third kappa shape index (κ3) is 2.92. The molecule has 0 saturated carbocycles. The summed E-state index contributed by atoms with van der Waals surface area (Å²) in [6, 6.07) is 4.55. The van der Waals surface area contributed by atoms with Crippen LogP contribution in [0, 0.1) is 5.92 Å². The van der Waals surface area contributed by atoms with Gasteiger partial charge in [-0.1, -0.05) is 0 Å². The van der Waals surface area contributed by atoms with Gasteiger partial charge in [0.2, 0.25) is 0 Å². The molecule has 0 aliphatic carbocycles. The highest BCUT2D eigenvalue weighted by molar-refractivity contribution is 5.95. The fourth-order valence-electron chi connectivity index (χ4n) is 2.22. The van der Waals surface area contributed by atoms with Gasteiger partial charge in [0.1, 0.15) is 5.75 Å². The first-order valence-corrected chi connectivity index (χ1v) is 6.11. The van der Waals surface area contributed by atoms with Crippen molar-refractivity contribution in [3.63, 3.8) is 0 Å². The molecular weight excluding hydrogens is 230 g/mol. The van der Waals surface area contributed by atoms with Crippen molar-refractivity contribution in [1.82, 2.24) is 10.2 Å². The summed E-state index contributed by atoms with van der Waals surface area (Å²) < 4.78 is 0. The molecule has 1 unspecified atom stereocenters. The maximum absolute atomic E-state index is 11.9. The van der Waals surface area contributed by atoms with Gasteiger partial charge < -0.3 is 21.1 Å². The highest BCUT2D eigenvalue weighted by Crippen LogP contribution is 2.20. The zero-order chi connectivity index (χ0) is 13.1. The molecule has 0 radical (unpaired) electrons. The van der Waals surface area contributed by atoms with E-state index in [1.54, 1.807) is 6.07 Å². The van der Waals surface area contributed by atoms with Gasteiger partial charge >= 0.3 is 0 Å². The number of phenolic OH excluding ortho intramolecular Hbond substituents is 1. The van der Waals surface area contributed by atoms with Crippen LogP contribution in [-0.4, -0.2) is 42.6 Å². The van der Waals surface area contributed by atoms with Crippen LogP contribution in [0.5, 0.6) is 5.75 Å². The number of aromatic hydroxyl groups is 1. The highest BCUT2D eigenvalue weighted by atomic mass is 16.3. The molecule has 0 bridgehead atoms. The van der Waals surface area contributed by atoms with Crippen molar-refractivity contribution in [2.24, 2.45) is 5.92 Å². The third-order valence-electron chi connectivity index (χ3n) is 3.33. The first kappa shape index (κ1) is 12.7. The van der Waals surface area contributed by atoms with Crippen LogP contribution in [0.4, 0.5) is 5.69 Å². The number of nitrogens with one attached hydrogen (secondary N) is 1.